The van der Waals surface area contributed by atoms with E-state index >= 15 is 0 Å². The molecule has 0 aliphatic carbocycles. The Morgan fingerprint density at radius 3 is 2.50 bits per heavy atom. The van der Waals surface area contributed by atoms with E-state index < -0.39 is 0 Å². The average Bonchev–Trinajstić information content (AvgIpc) is 3.11. The summed E-state index contributed by atoms with van der Waals surface area (Å²) >= 11 is 0. The van der Waals surface area contributed by atoms with Gasteiger partial charge in [-0.25, -0.2) is 0 Å². The number of likely N-dealkylation sites (tertiary alicyclic amines) is 1. The van der Waals surface area contributed by atoms with Crippen LogP contribution >= 0.6 is 0 Å². The largest absolute Gasteiger partial charge is 0.350 e. The first-order chi connectivity index (χ1) is 11.5. The van der Waals surface area contributed by atoms with Gasteiger partial charge < -0.3 is 14.8 Å². The van der Waals surface area contributed by atoms with Gasteiger partial charge >= 0.3 is 0 Å². The van der Waals surface area contributed by atoms with Crippen LogP contribution in [0.1, 0.15) is 30.9 Å². The third kappa shape index (κ3) is 3.97. The van der Waals surface area contributed by atoms with Crippen LogP contribution in [-0.4, -0.2) is 49.4 Å². The molecule has 1 aromatic rings. The minimum absolute atomic E-state index is 0.0357. The molecule has 2 fully saturated rings. The fourth-order valence-corrected chi connectivity index (χ4v) is 3.58. The molecule has 2 aliphatic rings. The molecule has 2 aliphatic heterocycles. The number of carbonyl (C=O) groups is 1. The predicted octanol–water partition coefficient (Wildman–Crippen LogP) is 2.72. The van der Waals surface area contributed by atoms with Crippen molar-refractivity contribution in [1.82, 2.24) is 4.90 Å². The van der Waals surface area contributed by atoms with Gasteiger partial charge in [-0.05, 0) is 58.3 Å². The quantitative estimate of drug-likeness (QED) is 0.921. The van der Waals surface area contributed by atoms with E-state index in [1.54, 1.807) is 0 Å². The van der Waals surface area contributed by atoms with Crippen LogP contribution in [0.4, 0.5) is 5.69 Å². The van der Waals surface area contributed by atoms with Crippen LogP contribution in [0.5, 0.6) is 0 Å². The maximum absolute atomic E-state index is 12.6. The second kappa shape index (κ2) is 7.64. The Morgan fingerprint density at radius 2 is 1.88 bits per heavy atom. The molecule has 0 radical (unpaired) electrons. The summed E-state index contributed by atoms with van der Waals surface area (Å²) in [4.78, 5) is 14.8. The number of aryl methyl sites for hydroxylation is 2. The highest BCUT2D eigenvalue weighted by Gasteiger charge is 2.33. The van der Waals surface area contributed by atoms with E-state index in [1.165, 1.54) is 5.56 Å². The van der Waals surface area contributed by atoms with Gasteiger partial charge in [0.2, 0.25) is 5.91 Å². The van der Waals surface area contributed by atoms with Crippen molar-refractivity contribution < 1.29 is 14.3 Å². The Bertz CT molecular complexity index is 576. The normalized spacial score (nSPS) is 21.8. The summed E-state index contributed by atoms with van der Waals surface area (Å²) < 4.78 is 11.2. The van der Waals surface area contributed by atoms with Crippen molar-refractivity contribution in [1.29, 1.82) is 0 Å². The molecule has 3 rings (SSSR count). The summed E-state index contributed by atoms with van der Waals surface area (Å²) in [7, 11) is 0. The highest BCUT2D eigenvalue weighted by molar-refractivity contribution is 5.95. The number of ether oxygens (including phenoxy) is 2. The minimum Gasteiger partial charge on any atom is -0.350 e. The zero-order valence-electron chi connectivity index (χ0n) is 14.9. The smallest absolute Gasteiger partial charge is 0.241 e. The van der Waals surface area contributed by atoms with Crippen molar-refractivity contribution in [3.63, 3.8) is 0 Å². The molecule has 5 nitrogen and oxygen atoms in total. The van der Waals surface area contributed by atoms with Gasteiger partial charge in [-0.3, -0.25) is 9.69 Å². The lowest BCUT2D eigenvalue weighted by Crippen LogP contribution is -2.47. The zero-order valence-corrected chi connectivity index (χ0v) is 14.9. The van der Waals surface area contributed by atoms with Gasteiger partial charge in [0, 0.05) is 11.6 Å². The van der Waals surface area contributed by atoms with Crippen LogP contribution in [0.2, 0.25) is 0 Å². The number of nitrogens with zero attached hydrogens (tertiary/aromatic N) is 1. The van der Waals surface area contributed by atoms with Gasteiger partial charge in [0.25, 0.3) is 0 Å². The molecule has 0 bridgehead atoms. The number of rotatable bonds is 4. The summed E-state index contributed by atoms with van der Waals surface area (Å²) in [5.41, 5.74) is 3.21. The third-order valence-corrected chi connectivity index (χ3v) is 5.17. The summed E-state index contributed by atoms with van der Waals surface area (Å²) in [6, 6.07) is 5.97. The number of benzene rings is 1. The van der Waals surface area contributed by atoms with Gasteiger partial charge in [-0.1, -0.05) is 17.7 Å². The molecule has 1 N–H and O–H groups in total. The lowest BCUT2D eigenvalue weighted by Gasteiger charge is -2.36. The lowest BCUT2D eigenvalue weighted by molar-refractivity contribution is -0.123. The topological polar surface area (TPSA) is 50.8 Å². The average molecular weight is 332 g/mol. The van der Waals surface area contributed by atoms with Crippen LogP contribution in [-0.2, 0) is 14.3 Å². The first-order valence-corrected chi connectivity index (χ1v) is 8.90. The predicted molar refractivity (Wildman–Crippen MR) is 94.0 cm³/mol. The molecule has 1 atom stereocenters. The number of anilines is 1. The number of carbonyl (C=O) groups excluding carboxylic acids is 1. The summed E-state index contributed by atoms with van der Waals surface area (Å²) in [5, 5.41) is 3.07. The fourth-order valence-electron chi connectivity index (χ4n) is 3.58. The van der Waals surface area contributed by atoms with E-state index in [0.29, 0.717) is 19.1 Å². The van der Waals surface area contributed by atoms with Crippen LogP contribution in [0.3, 0.4) is 0 Å². The molecular formula is C19H28N2O3. The van der Waals surface area contributed by atoms with Gasteiger partial charge in [0.1, 0.15) is 0 Å². The second-order valence-electron chi connectivity index (χ2n) is 6.97. The maximum Gasteiger partial charge on any atom is 0.241 e. The van der Waals surface area contributed by atoms with Crippen molar-refractivity contribution in [2.45, 2.75) is 45.9 Å². The Labute approximate surface area is 144 Å². The molecule has 132 valence electrons. The van der Waals surface area contributed by atoms with Crippen molar-refractivity contribution >= 4 is 11.6 Å². The van der Waals surface area contributed by atoms with Crippen LogP contribution < -0.4 is 5.32 Å². The number of hydrogen-bond donors (Lipinski definition) is 1. The Balaban J connectivity index is 1.52. The van der Waals surface area contributed by atoms with E-state index in [4.69, 9.17) is 9.47 Å². The molecule has 2 saturated heterocycles. The first kappa shape index (κ1) is 17.4. The molecule has 1 amide bonds. The van der Waals surface area contributed by atoms with Gasteiger partial charge in [-0.2, -0.15) is 0 Å². The van der Waals surface area contributed by atoms with Crippen LogP contribution in [0, 0.1) is 19.8 Å². The van der Waals surface area contributed by atoms with Crippen LogP contribution in [0.15, 0.2) is 18.2 Å². The number of nitrogens with one attached hydrogen (secondary N) is 1. The number of piperidine rings is 1. The van der Waals surface area contributed by atoms with Gasteiger partial charge in [0.05, 0.1) is 19.3 Å². The SMILES string of the molecule is Cc1ccc(NC(=O)C(C)N2CCC(C3OCCO3)CC2)c(C)c1. The Morgan fingerprint density at radius 1 is 1.21 bits per heavy atom. The summed E-state index contributed by atoms with van der Waals surface area (Å²) in [6.07, 6.45) is 2.00. The molecule has 0 saturated carbocycles. The van der Waals surface area contributed by atoms with E-state index in [9.17, 15) is 4.79 Å². The maximum atomic E-state index is 12.6. The number of amides is 1. The van der Waals surface area contributed by atoms with E-state index in [1.807, 2.05) is 26.0 Å². The Hall–Kier alpha value is -1.43. The van der Waals surface area contributed by atoms with E-state index in [0.717, 1.165) is 37.2 Å². The zero-order chi connectivity index (χ0) is 17.1. The van der Waals surface area contributed by atoms with Crippen molar-refractivity contribution in [3.05, 3.63) is 29.3 Å². The van der Waals surface area contributed by atoms with Crippen molar-refractivity contribution in [2.75, 3.05) is 31.6 Å². The van der Waals surface area contributed by atoms with Gasteiger partial charge in [0.15, 0.2) is 6.29 Å². The van der Waals surface area contributed by atoms with Crippen molar-refractivity contribution in [2.24, 2.45) is 5.92 Å². The summed E-state index contributed by atoms with van der Waals surface area (Å²) in [5.74, 6) is 0.520. The van der Waals surface area contributed by atoms with E-state index in [2.05, 4.69) is 23.2 Å². The molecule has 1 aromatic carbocycles. The van der Waals surface area contributed by atoms with Crippen molar-refractivity contribution in [3.8, 4) is 0 Å². The number of hydrogen-bond acceptors (Lipinski definition) is 4. The highest BCUT2D eigenvalue weighted by Crippen LogP contribution is 2.27. The van der Waals surface area contributed by atoms with E-state index in [-0.39, 0.29) is 18.2 Å². The van der Waals surface area contributed by atoms with Gasteiger partial charge in [-0.15, -0.1) is 0 Å². The highest BCUT2D eigenvalue weighted by atomic mass is 16.7. The van der Waals surface area contributed by atoms with Crippen LogP contribution in [0.25, 0.3) is 0 Å². The molecule has 0 aromatic heterocycles. The molecule has 2 heterocycles. The second-order valence-corrected chi connectivity index (χ2v) is 6.97. The standard InChI is InChI=1S/C19H28N2O3/c1-13-4-5-17(14(2)12-13)20-18(22)15(3)21-8-6-16(7-9-21)19-23-10-11-24-19/h4-5,12,15-16,19H,6-11H2,1-3H3,(H,20,22). The summed E-state index contributed by atoms with van der Waals surface area (Å²) in [6.45, 7) is 9.31. The molecule has 5 heteroatoms. The fraction of sp³-hybridized carbons (Fsp3) is 0.632. The molecular weight excluding hydrogens is 304 g/mol. The molecule has 24 heavy (non-hydrogen) atoms. The minimum atomic E-state index is -0.128. The third-order valence-electron chi connectivity index (χ3n) is 5.17. The molecule has 0 spiro atoms. The first-order valence-electron chi connectivity index (χ1n) is 8.90. The Kier molecular flexibility index (Phi) is 5.54. The lowest BCUT2D eigenvalue weighted by atomic mass is 9.95. The monoisotopic (exact) mass is 332 g/mol. The molecule has 1 unspecified atom stereocenters.